The number of hydrogen-bond acceptors (Lipinski definition) is 3. The molecule has 1 N–H and O–H groups in total. The predicted octanol–water partition coefficient (Wildman–Crippen LogP) is 12.9. The second-order valence-electron chi connectivity index (χ2n) is 14.7. The van der Waals surface area contributed by atoms with E-state index < -0.39 is 0 Å². The van der Waals surface area contributed by atoms with Crippen molar-refractivity contribution in [3.63, 3.8) is 0 Å². The number of nitrogens with one attached hydrogen (secondary N) is 1. The van der Waals surface area contributed by atoms with Gasteiger partial charge in [0, 0.05) is 27.6 Å². The summed E-state index contributed by atoms with van der Waals surface area (Å²) < 4.78 is 2.41. The van der Waals surface area contributed by atoms with Gasteiger partial charge < -0.3 is 9.88 Å². The lowest BCUT2D eigenvalue weighted by Crippen LogP contribution is -2.33. The number of aromatic nitrogens is 1. The van der Waals surface area contributed by atoms with Crippen LogP contribution in [0.25, 0.3) is 71.3 Å². The third-order valence-electron chi connectivity index (χ3n) is 11.2. The minimum atomic E-state index is -0.348. The van der Waals surface area contributed by atoms with Crippen molar-refractivity contribution < 1.29 is 0 Å². The molecule has 0 saturated heterocycles. The molecule has 4 nitrogen and oxygen atoms in total. The van der Waals surface area contributed by atoms with Crippen LogP contribution in [-0.2, 0) is 0 Å². The van der Waals surface area contributed by atoms with Gasteiger partial charge in [-0.05, 0) is 91.8 Å². The molecule has 0 amide bonds. The van der Waals surface area contributed by atoms with Crippen LogP contribution in [0.15, 0.2) is 216 Å². The number of nitrogens with zero attached hydrogens (tertiary/aromatic N) is 3. The van der Waals surface area contributed by atoms with E-state index in [0.29, 0.717) is 5.84 Å². The molecule has 57 heavy (non-hydrogen) atoms. The Morgan fingerprint density at radius 3 is 1.51 bits per heavy atom. The van der Waals surface area contributed by atoms with Gasteiger partial charge in [-0.2, -0.15) is 0 Å². The molecule has 0 radical (unpaired) electrons. The highest BCUT2D eigenvalue weighted by Crippen LogP contribution is 2.37. The topological polar surface area (TPSA) is 41.7 Å². The van der Waals surface area contributed by atoms with E-state index in [2.05, 4.69) is 210 Å². The Morgan fingerprint density at radius 2 is 0.877 bits per heavy atom. The standard InChI is InChI=1S/C53H36N4/c1-3-13-35(14-4-1)37-25-27-38(28-26-37)51-54-52(44-22-11-21-39(29-44)36-15-5-2-6-16-36)56-53(55-51)45-23-12-24-46(30-45)57-49-33-42-19-9-7-17-40(42)31-47(49)48-32-41-18-8-10-20-43(41)34-50(48)57/h1-34,52H,(H,54,55,56). The smallest absolute Gasteiger partial charge is 0.159 e. The molecule has 1 atom stereocenters. The summed E-state index contributed by atoms with van der Waals surface area (Å²) in [7, 11) is 0. The highest BCUT2D eigenvalue weighted by atomic mass is 15.2. The molecule has 1 aliphatic heterocycles. The summed E-state index contributed by atoms with van der Waals surface area (Å²) in [6, 6.07) is 73.6. The summed E-state index contributed by atoms with van der Waals surface area (Å²) in [6.45, 7) is 0. The molecule has 0 bridgehead atoms. The van der Waals surface area contributed by atoms with Crippen molar-refractivity contribution in [3.8, 4) is 27.9 Å². The maximum Gasteiger partial charge on any atom is 0.159 e. The van der Waals surface area contributed by atoms with Crippen molar-refractivity contribution >= 4 is 55.0 Å². The van der Waals surface area contributed by atoms with Crippen LogP contribution < -0.4 is 5.32 Å². The van der Waals surface area contributed by atoms with E-state index >= 15 is 0 Å². The third-order valence-corrected chi connectivity index (χ3v) is 11.2. The number of amidine groups is 2. The number of rotatable bonds is 6. The van der Waals surface area contributed by atoms with Gasteiger partial charge in [-0.25, -0.2) is 9.98 Å². The number of aliphatic imine (C=N–C) groups is 2. The van der Waals surface area contributed by atoms with Crippen LogP contribution in [0, 0.1) is 0 Å². The normalized spacial score (nSPS) is 14.1. The summed E-state index contributed by atoms with van der Waals surface area (Å²) in [5, 5.41) is 11.1. The molecule has 1 unspecified atom stereocenters. The van der Waals surface area contributed by atoms with E-state index in [1.807, 2.05) is 6.07 Å². The number of hydrogen-bond donors (Lipinski definition) is 1. The summed E-state index contributed by atoms with van der Waals surface area (Å²) in [4.78, 5) is 10.5. The Morgan fingerprint density at radius 1 is 0.386 bits per heavy atom. The average Bonchev–Trinajstić information content (AvgIpc) is 3.59. The van der Waals surface area contributed by atoms with Gasteiger partial charge in [0.25, 0.3) is 0 Å². The van der Waals surface area contributed by atoms with Crippen LogP contribution in [0.4, 0.5) is 0 Å². The molecule has 0 saturated carbocycles. The number of benzene rings is 9. The zero-order valence-corrected chi connectivity index (χ0v) is 31.0. The van der Waals surface area contributed by atoms with Gasteiger partial charge in [-0.15, -0.1) is 0 Å². The number of fused-ring (bicyclic) bond motifs is 5. The zero-order valence-electron chi connectivity index (χ0n) is 31.0. The summed E-state index contributed by atoms with van der Waals surface area (Å²) in [5.41, 5.74) is 11.1. The van der Waals surface area contributed by atoms with Gasteiger partial charge in [0.1, 0.15) is 12.0 Å². The zero-order chi connectivity index (χ0) is 37.7. The van der Waals surface area contributed by atoms with E-state index in [1.54, 1.807) is 0 Å². The van der Waals surface area contributed by atoms with Crippen LogP contribution in [0.5, 0.6) is 0 Å². The highest BCUT2D eigenvalue weighted by Gasteiger charge is 2.23. The van der Waals surface area contributed by atoms with Gasteiger partial charge in [-0.1, -0.05) is 164 Å². The fourth-order valence-electron chi connectivity index (χ4n) is 8.32. The van der Waals surface area contributed by atoms with Crippen LogP contribution in [0.2, 0.25) is 0 Å². The fraction of sp³-hybridized carbons (Fsp3) is 0.0189. The maximum atomic E-state index is 5.26. The molecule has 1 aliphatic rings. The lowest BCUT2D eigenvalue weighted by atomic mass is 10.0. The van der Waals surface area contributed by atoms with Gasteiger partial charge in [0.2, 0.25) is 0 Å². The maximum absolute atomic E-state index is 5.26. The Bertz CT molecular complexity index is 3100. The Balaban J connectivity index is 1.06. The summed E-state index contributed by atoms with van der Waals surface area (Å²) in [5.74, 6) is 1.47. The van der Waals surface area contributed by atoms with Crippen molar-refractivity contribution in [1.29, 1.82) is 0 Å². The van der Waals surface area contributed by atoms with Gasteiger partial charge >= 0.3 is 0 Å². The van der Waals surface area contributed by atoms with Gasteiger partial charge in [-0.3, -0.25) is 0 Å². The van der Waals surface area contributed by atoms with E-state index in [0.717, 1.165) is 39.3 Å². The summed E-state index contributed by atoms with van der Waals surface area (Å²) >= 11 is 0. The Labute approximate surface area is 330 Å². The van der Waals surface area contributed by atoms with Crippen LogP contribution in [0.3, 0.4) is 0 Å². The first-order valence-electron chi connectivity index (χ1n) is 19.4. The highest BCUT2D eigenvalue weighted by molar-refractivity contribution is 6.17. The molecule has 4 heteroatoms. The first-order valence-corrected chi connectivity index (χ1v) is 19.4. The van der Waals surface area contributed by atoms with Gasteiger partial charge in [0.15, 0.2) is 5.84 Å². The SMILES string of the molecule is c1ccc(-c2ccc(C3=NC(c4cccc(-c5ccccc5)c4)NC(c4cccc(-n5c6cc7ccccc7cc6c6cc7ccccc7cc65)c4)=N3)cc2)cc1. The molecule has 11 rings (SSSR count). The third kappa shape index (κ3) is 5.96. The van der Waals surface area contributed by atoms with E-state index in [4.69, 9.17) is 9.98 Å². The molecule has 9 aromatic carbocycles. The van der Waals surface area contributed by atoms with Crippen molar-refractivity contribution in [2.24, 2.45) is 9.98 Å². The lowest BCUT2D eigenvalue weighted by Gasteiger charge is -2.24. The molecule has 0 fully saturated rings. The van der Waals surface area contributed by atoms with E-state index in [1.165, 1.54) is 54.5 Å². The van der Waals surface area contributed by atoms with Crippen LogP contribution in [0.1, 0.15) is 22.9 Å². The van der Waals surface area contributed by atoms with Crippen LogP contribution >= 0.6 is 0 Å². The minimum absolute atomic E-state index is 0.348. The summed E-state index contributed by atoms with van der Waals surface area (Å²) in [6.07, 6.45) is -0.348. The average molecular weight is 729 g/mol. The molecule has 0 spiro atoms. The monoisotopic (exact) mass is 728 g/mol. The first-order chi connectivity index (χ1) is 28.2. The van der Waals surface area contributed by atoms with Crippen molar-refractivity contribution in [1.82, 2.24) is 9.88 Å². The van der Waals surface area contributed by atoms with Crippen LogP contribution in [-0.4, -0.2) is 16.2 Å². The second-order valence-corrected chi connectivity index (χ2v) is 14.7. The quantitative estimate of drug-likeness (QED) is 0.182. The van der Waals surface area contributed by atoms with Crippen molar-refractivity contribution in [2.75, 3.05) is 0 Å². The minimum Gasteiger partial charge on any atom is -0.344 e. The van der Waals surface area contributed by atoms with E-state index in [-0.39, 0.29) is 6.17 Å². The molecule has 10 aromatic rings. The van der Waals surface area contributed by atoms with Crippen molar-refractivity contribution in [2.45, 2.75) is 6.17 Å². The molecule has 1 aromatic heterocycles. The molecule has 0 aliphatic carbocycles. The second kappa shape index (κ2) is 13.6. The van der Waals surface area contributed by atoms with Crippen molar-refractivity contribution in [3.05, 3.63) is 223 Å². The molecule has 2 heterocycles. The molecule has 268 valence electrons. The fourth-order valence-corrected chi connectivity index (χ4v) is 8.32. The van der Waals surface area contributed by atoms with Gasteiger partial charge in [0.05, 0.1) is 11.0 Å². The molecular weight excluding hydrogens is 693 g/mol. The Kier molecular flexibility index (Phi) is 7.85. The predicted molar refractivity (Wildman–Crippen MR) is 238 cm³/mol. The largest absolute Gasteiger partial charge is 0.344 e. The first kappa shape index (κ1) is 32.8. The van der Waals surface area contributed by atoms with E-state index in [9.17, 15) is 0 Å². The Hall–Kier alpha value is -7.56. The lowest BCUT2D eigenvalue weighted by molar-refractivity contribution is 0.674. The molecular formula is C53H36N4.